The molecule has 1 N–H and O–H groups in total. The number of urea groups is 1. The number of hydrogen-bond donors (Lipinski definition) is 1. The number of nitrogens with one attached hydrogen (secondary N) is 1. The fraction of sp³-hybridized carbons (Fsp3) is 0.588. The molecule has 0 saturated heterocycles. The third-order valence-electron chi connectivity index (χ3n) is 3.55. The van der Waals surface area contributed by atoms with Gasteiger partial charge in [-0.15, -0.1) is 0 Å². The number of nitrogens with zero attached hydrogens (tertiary/aromatic N) is 2. The van der Waals surface area contributed by atoms with E-state index in [1.54, 1.807) is 0 Å². The lowest BCUT2D eigenvalue weighted by molar-refractivity contribution is 0.0984. The number of halogens is 2. The first-order chi connectivity index (χ1) is 11.0. The topological polar surface area (TPSA) is 35.6 Å². The fourth-order valence-electron chi connectivity index (χ4n) is 2.42. The number of likely N-dealkylation sites (N-methyl/N-ethyl adjacent to an activating group) is 1. The van der Waals surface area contributed by atoms with E-state index in [1.165, 1.54) is 10.5 Å². The molecule has 1 aromatic rings. The summed E-state index contributed by atoms with van der Waals surface area (Å²) < 4.78 is 25.0. The second-order valence-electron chi connectivity index (χ2n) is 5.49. The van der Waals surface area contributed by atoms with Crippen LogP contribution in [0.5, 0.6) is 0 Å². The number of anilines is 1. The normalized spacial score (nSPS) is 10.7. The fourth-order valence-corrected chi connectivity index (χ4v) is 2.42. The van der Waals surface area contributed by atoms with Crippen LogP contribution in [0.2, 0.25) is 0 Å². The van der Waals surface area contributed by atoms with E-state index in [4.69, 9.17) is 0 Å². The highest BCUT2D eigenvalue weighted by Crippen LogP contribution is 2.15. The Balaban J connectivity index is 2.51. The van der Waals surface area contributed by atoms with Crippen LogP contribution in [0.15, 0.2) is 24.3 Å². The van der Waals surface area contributed by atoms with Crippen molar-refractivity contribution in [2.45, 2.75) is 33.6 Å². The van der Waals surface area contributed by atoms with Crippen molar-refractivity contribution in [3.8, 4) is 0 Å². The van der Waals surface area contributed by atoms with Crippen LogP contribution in [-0.2, 0) is 0 Å². The van der Waals surface area contributed by atoms with Crippen LogP contribution < -0.4 is 10.2 Å². The molecule has 0 aliphatic carbocycles. The molecule has 1 aromatic carbocycles. The molecule has 0 unspecified atom stereocenters. The summed E-state index contributed by atoms with van der Waals surface area (Å²) in [6.45, 7) is 7.64. The van der Waals surface area contributed by atoms with Crippen molar-refractivity contribution in [1.29, 1.82) is 0 Å². The van der Waals surface area contributed by atoms with Gasteiger partial charge in [0.2, 0.25) is 0 Å². The average Bonchev–Trinajstić information content (AvgIpc) is 2.50. The zero-order valence-electron chi connectivity index (χ0n) is 14.2. The number of rotatable bonds is 9. The van der Waals surface area contributed by atoms with Crippen LogP contribution in [0.25, 0.3) is 0 Å². The quantitative estimate of drug-likeness (QED) is 0.753. The number of carbonyl (C=O) groups excluding carboxylic acids is 1. The van der Waals surface area contributed by atoms with Gasteiger partial charge in [-0.05, 0) is 38.0 Å². The zero-order valence-corrected chi connectivity index (χ0v) is 14.2. The number of alkyl halides is 2. The van der Waals surface area contributed by atoms with Gasteiger partial charge in [-0.3, -0.25) is 0 Å². The van der Waals surface area contributed by atoms with Crippen LogP contribution in [-0.4, -0.2) is 50.1 Å². The van der Waals surface area contributed by atoms with Crippen LogP contribution in [0.3, 0.4) is 0 Å². The maximum Gasteiger partial charge on any atom is 0.317 e. The van der Waals surface area contributed by atoms with Gasteiger partial charge in [-0.25, -0.2) is 13.6 Å². The summed E-state index contributed by atoms with van der Waals surface area (Å²) in [5.41, 5.74) is 2.27. The van der Waals surface area contributed by atoms with Gasteiger partial charge in [0, 0.05) is 31.9 Å². The van der Waals surface area contributed by atoms with E-state index >= 15 is 0 Å². The summed E-state index contributed by atoms with van der Waals surface area (Å²) in [4.78, 5) is 15.3. The highest BCUT2D eigenvalue weighted by Gasteiger charge is 2.17. The minimum atomic E-state index is -2.51. The van der Waals surface area contributed by atoms with E-state index < -0.39 is 19.0 Å². The third-order valence-corrected chi connectivity index (χ3v) is 3.55. The van der Waals surface area contributed by atoms with Crippen molar-refractivity contribution in [2.24, 2.45) is 0 Å². The van der Waals surface area contributed by atoms with E-state index in [2.05, 4.69) is 16.3 Å². The van der Waals surface area contributed by atoms with E-state index in [1.807, 2.05) is 39.0 Å². The van der Waals surface area contributed by atoms with Crippen LogP contribution >= 0.6 is 0 Å². The van der Waals surface area contributed by atoms with Crippen molar-refractivity contribution < 1.29 is 13.6 Å². The predicted octanol–water partition coefficient (Wildman–Crippen LogP) is 3.51. The van der Waals surface area contributed by atoms with Crippen molar-refractivity contribution in [2.75, 3.05) is 37.6 Å². The maximum atomic E-state index is 12.5. The van der Waals surface area contributed by atoms with Gasteiger partial charge in [0.05, 0.1) is 6.54 Å². The van der Waals surface area contributed by atoms with Gasteiger partial charge < -0.3 is 15.1 Å². The van der Waals surface area contributed by atoms with Crippen molar-refractivity contribution in [3.05, 3.63) is 29.8 Å². The van der Waals surface area contributed by atoms with E-state index in [9.17, 15) is 13.6 Å². The summed E-state index contributed by atoms with van der Waals surface area (Å²) >= 11 is 0. The van der Waals surface area contributed by atoms with Crippen LogP contribution in [0.1, 0.15) is 25.8 Å². The molecule has 0 aromatic heterocycles. The molecule has 0 heterocycles. The second-order valence-corrected chi connectivity index (χ2v) is 5.49. The van der Waals surface area contributed by atoms with Gasteiger partial charge in [-0.1, -0.05) is 19.1 Å². The molecule has 0 radical (unpaired) electrons. The molecule has 0 aliphatic heterocycles. The molecule has 4 nitrogen and oxygen atoms in total. The Hall–Kier alpha value is -1.85. The summed E-state index contributed by atoms with van der Waals surface area (Å²) in [6, 6.07) is 7.72. The van der Waals surface area contributed by atoms with Crippen LogP contribution in [0.4, 0.5) is 19.3 Å². The smallest absolute Gasteiger partial charge is 0.317 e. The third kappa shape index (κ3) is 6.84. The monoisotopic (exact) mass is 327 g/mol. The molecular weight excluding hydrogens is 300 g/mol. The molecule has 0 bridgehead atoms. The highest BCUT2D eigenvalue weighted by molar-refractivity contribution is 5.74. The van der Waals surface area contributed by atoms with Crippen molar-refractivity contribution in [3.63, 3.8) is 0 Å². The van der Waals surface area contributed by atoms with Crippen molar-refractivity contribution >= 4 is 11.7 Å². The first-order valence-electron chi connectivity index (χ1n) is 8.10. The van der Waals surface area contributed by atoms with Gasteiger partial charge in [0.1, 0.15) is 0 Å². The molecular formula is C17H27F2N3O. The molecule has 6 heteroatoms. The molecule has 0 fully saturated rings. The summed E-state index contributed by atoms with van der Waals surface area (Å²) in [5.74, 6) is 0. The lowest BCUT2D eigenvalue weighted by Crippen LogP contribution is -2.45. The minimum Gasteiger partial charge on any atom is -0.370 e. The molecule has 0 spiro atoms. The van der Waals surface area contributed by atoms with Gasteiger partial charge in [0.15, 0.2) is 0 Å². The van der Waals surface area contributed by atoms with Gasteiger partial charge in [-0.2, -0.15) is 0 Å². The second kappa shape index (κ2) is 10.0. The molecule has 2 amide bonds. The Kier molecular flexibility index (Phi) is 8.37. The molecule has 23 heavy (non-hydrogen) atoms. The minimum absolute atomic E-state index is 0.339. The standard InChI is InChI=1S/C17H27F2N3O/c1-4-10-22(13-16(18)19)17(23)20-9-11-21(5-2)15-8-6-7-14(3)12-15/h6-8,12,16H,4-5,9-11,13H2,1-3H3,(H,20,23). The van der Waals surface area contributed by atoms with Crippen LogP contribution in [0, 0.1) is 6.92 Å². The Morgan fingerprint density at radius 3 is 2.57 bits per heavy atom. The SMILES string of the molecule is CCCN(CC(F)F)C(=O)NCCN(CC)c1cccc(C)c1. The van der Waals surface area contributed by atoms with Crippen molar-refractivity contribution in [1.82, 2.24) is 10.2 Å². The predicted molar refractivity (Wildman–Crippen MR) is 90.3 cm³/mol. The molecule has 0 saturated carbocycles. The lowest BCUT2D eigenvalue weighted by atomic mass is 10.2. The van der Waals surface area contributed by atoms with E-state index in [0.29, 0.717) is 26.1 Å². The molecule has 130 valence electrons. The number of amides is 2. The van der Waals surface area contributed by atoms with E-state index in [-0.39, 0.29) is 0 Å². The number of carbonyl (C=O) groups is 1. The molecule has 0 atom stereocenters. The number of aryl methyl sites for hydroxylation is 1. The Labute approximate surface area is 137 Å². The zero-order chi connectivity index (χ0) is 17.2. The van der Waals surface area contributed by atoms with E-state index in [0.717, 1.165) is 12.2 Å². The Morgan fingerprint density at radius 1 is 1.26 bits per heavy atom. The Morgan fingerprint density at radius 2 is 2.00 bits per heavy atom. The summed E-state index contributed by atoms with van der Waals surface area (Å²) in [7, 11) is 0. The largest absolute Gasteiger partial charge is 0.370 e. The average molecular weight is 327 g/mol. The molecule has 1 rings (SSSR count). The first kappa shape index (κ1) is 19.2. The Bertz CT molecular complexity index is 483. The highest BCUT2D eigenvalue weighted by atomic mass is 19.3. The van der Waals surface area contributed by atoms with Gasteiger partial charge in [0.25, 0.3) is 6.43 Å². The van der Waals surface area contributed by atoms with Gasteiger partial charge >= 0.3 is 6.03 Å². The maximum absolute atomic E-state index is 12.5. The molecule has 0 aliphatic rings. The number of benzene rings is 1. The lowest BCUT2D eigenvalue weighted by Gasteiger charge is -2.26. The number of hydrogen-bond acceptors (Lipinski definition) is 2. The summed E-state index contributed by atoms with van der Waals surface area (Å²) in [6.07, 6.45) is -1.85. The first-order valence-corrected chi connectivity index (χ1v) is 8.10. The summed E-state index contributed by atoms with van der Waals surface area (Å²) in [5, 5.41) is 2.73.